The summed E-state index contributed by atoms with van der Waals surface area (Å²) < 4.78 is 5.60. The van der Waals surface area contributed by atoms with E-state index in [-0.39, 0.29) is 35.4 Å². The maximum atomic E-state index is 12.6. The van der Waals surface area contributed by atoms with Gasteiger partial charge in [-0.05, 0) is 124 Å². The second-order valence-electron chi connectivity index (χ2n) is 23.6. The zero-order valence-corrected chi connectivity index (χ0v) is 58.8. The lowest BCUT2D eigenvalue weighted by Gasteiger charge is -2.32. The van der Waals surface area contributed by atoms with Crippen LogP contribution in [0.4, 0.5) is 49.8 Å². The molecule has 3 aromatic carbocycles. The summed E-state index contributed by atoms with van der Waals surface area (Å²) in [4.78, 5) is 93.1. The Balaban J connectivity index is 0.000000159. The molecule has 3 atom stereocenters. The summed E-state index contributed by atoms with van der Waals surface area (Å²) in [6, 6.07) is 20.1. The number of aromatic nitrogens is 9. The van der Waals surface area contributed by atoms with Crippen LogP contribution in [0.2, 0.25) is 15.1 Å². The number of hydrogen-bond donors (Lipinski definition) is 6. The van der Waals surface area contributed by atoms with Gasteiger partial charge in [0.1, 0.15) is 14.6 Å². The smallest absolute Gasteiger partial charge is 0.267 e. The number of carbonyl (C=O) groups excluding carboxylic acids is 6. The number of thiazole rings is 3. The number of rotatable bonds is 21. The molecule has 3 aliphatic heterocycles. The number of benzene rings is 3. The van der Waals surface area contributed by atoms with Crippen LogP contribution in [0.25, 0.3) is 0 Å². The summed E-state index contributed by atoms with van der Waals surface area (Å²) in [5.41, 5.74) is 5.25. The van der Waals surface area contributed by atoms with E-state index in [0.29, 0.717) is 111 Å². The van der Waals surface area contributed by atoms with Crippen molar-refractivity contribution in [3.63, 3.8) is 0 Å². The molecule has 9 heterocycles. The van der Waals surface area contributed by atoms with Crippen LogP contribution in [-0.4, -0.2) is 134 Å². The number of hydrogen-bond acceptors (Lipinski definition) is 18. The Labute approximate surface area is 593 Å². The highest BCUT2D eigenvalue weighted by Gasteiger charge is 2.28. The average Bonchev–Trinajstić information content (AvgIpc) is 1.44. The van der Waals surface area contributed by atoms with E-state index in [1.165, 1.54) is 70.8 Å². The fourth-order valence-electron chi connectivity index (χ4n) is 11.3. The Kier molecular flexibility index (Phi) is 24.5. The maximum Gasteiger partial charge on any atom is 0.267 e. The zero-order chi connectivity index (χ0) is 69.4. The molecule has 0 spiro atoms. The zero-order valence-electron chi connectivity index (χ0n) is 54.1. The van der Waals surface area contributed by atoms with E-state index in [0.717, 1.165) is 93.8 Å². The fraction of sp³-hybridized carbons (Fsp3) is 0.294. The lowest BCUT2D eigenvalue weighted by molar-refractivity contribution is -0.128. The molecule has 6 aromatic heterocycles. The van der Waals surface area contributed by atoms with Gasteiger partial charge in [0.25, 0.3) is 17.7 Å². The molecule has 0 saturated carbocycles. The van der Waals surface area contributed by atoms with Crippen molar-refractivity contribution in [3.8, 4) is 0 Å². The van der Waals surface area contributed by atoms with Gasteiger partial charge in [-0.3, -0.25) is 42.8 Å². The predicted molar refractivity (Wildman–Crippen MR) is 389 cm³/mol. The van der Waals surface area contributed by atoms with Crippen LogP contribution in [0.1, 0.15) is 77.8 Å². The first kappa shape index (κ1) is 71.3. The van der Waals surface area contributed by atoms with E-state index in [4.69, 9.17) is 34.8 Å². The van der Waals surface area contributed by atoms with Crippen molar-refractivity contribution in [1.82, 2.24) is 59.0 Å². The molecule has 12 rings (SSSR count). The molecule has 6 N–H and O–H groups in total. The van der Waals surface area contributed by atoms with E-state index in [9.17, 15) is 28.8 Å². The van der Waals surface area contributed by atoms with Crippen LogP contribution >= 0.6 is 68.8 Å². The normalized spacial score (nSPS) is 15.7. The number of aryl methyl sites for hydroxylation is 3. The summed E-state index contributed by atoms with van der Waals surface area (Å²) in [5.74, 6) is 1.49. The minimum atomic E-state index is -0.267. The third-order valence-electron chi connectivity index (χ3n) is 16.3. The summed E-state index contributed by atoms with van der Waals surface area (Å²) >= 11 is 22.3. The quantitative estimate of drug-likeness (QED) is 0.0365. The number of nitrogens with zero attached hydrogens (tertiary/aromatic N) is 12. The largest absolute Gasteiger partial charge is 0.339 e. The number of carbonyl (C=O) groups is 6. The molecule has 0 aliphatic carbocycles. The van der Waals surface area contributed by atoms with E-state index >= 15 is 0 Å². The first-order chi connectivity index (χ1) is 47.3. The van der Waals surface area contributed by atoms with Gasteiger partial charge in [-0.1, -0.05) is 125 Å². The lowest BCUT2D eigenvalue weighted by atomic mass is 9.98. The minimum absolute atomic E-state index is 0.0178. The minimum Gasteiger partial charge on any atom is -0.339 e. The molecule has 3 fully saturated rings. The van der Waals surface area contributed by atoms with Crippen molar-refractivity contribution >= 4 is 154 Å². The highest BCUT2D eigenvalue weighted by Crippen LogP contribution is 2.33. The number of piperidine rings is 2. The molecular formula is C68H73Cl3N18O6S3. The van der Waals surface area contributed by atoms with Gasteiger partial charge in [-0.25, -0.2) is 15.0 Å². The number of halogens is 3. The Hall–Kier alpha value is -9.51. The topological polar surface area (TPSA) is 276 Å². The van der Waals surface area contributed by atoms with Crippen LogP contribution in [0.5, 0.6) is 0 Å². The van der Waals surface area contributed by atoms with Gasteiger partial charge in [-0.15, -0.1) is 0 Å². The summed E-state index contributed by atoms with van der Waals surface area (Å²) in [5, 5.41) is 34.8. The Bertz CT molecular complexity index is 4120. The van der Waals surface area contributed by atoms with Gasteiger partial charge >= 0.3 is 0 Å². The average molecular weight is 1440 g/mol. The molecule has 30 heteroatoms. The van der Waals surface area contributed by atoms with Gasteiger partial charge < -0.3 is 46.6 Å². The second kappa shape index (κ2) is 33.6. The van der Waals surface area contributed by atoms with Crippen molar-refractivity contribution in [2.45, 2.75) is 72.5 Å². The van der Waals surface area contributed by atoms with Gasteiger partial charge in [0.15, 0.2) is 27.0 Å². The van der Waals surface area contributed by atoms with Gasteiger partial charge in [0.05, 0.1) is 62.6 Å². The number of amides is 6. The highest BCUT2D eigenvalue weighted by molar-refractivity contribution is 7.18. The molecule has 6 amide bonds. The van der Waals surface area contributed by atoms with Crippen LogP contribution < -0.4 is 31.9 Å². The molecule has 24 nitrogen and oxygen atoms in total. The van der Waals surface area contributed by atoms with Crippen molar-refractivity contribution in [2.75, 3.05) is 71.2 Å². The molecule has 98 heavy (non-hydrogen) atoms. The predicted octanol–water partition coefficient (Wildman–Crippen LogP) is 13.8. The molecule has 3 saturated heterocycles. The SMILES string of the molecule is C=CC(=O)N1CCC(Cn2ccc(Nc3ncc(C(=O)Nc4c(C)cccc4Cl)s3)n2)C1.C=CC(=O)N1CCCC(Cn2cc(Nc3ncc(C(=O)Nc4c(C)cccc4Cl)s3)cn2)C1.C=CC(=O)N1CCCC(Cn2ccc(Nc3ncc(C(=O)Nc4c(C)cccc4Cl)s3)n2)C1. The fourth-order valence-corrected chi connectivity index (χ4v) is 14.3. The first-order valence-electron chi connectivity index (χ1n) is 31.5. The first-order valence-corrected chi connectivity index (χ1v) is 35.1. The second-order valence-corrected chi connectivity index (χ2v) is 27.9. The molecule has 0 bridgehead atoms. The monoisotopic (exact) mass is 1440 g/mol. The Morgan fingerprint density at radius 2 is 0.857 bits per heavy atom. The number of anilines is 9. The van der Waals surface area contributed by atoms with Crippen molar-refractivity contribution in [1.29, 1.82) is 0 Å². The van der Waals surface area contributed by atoms with Gasteiger partial charge in [0.2, 0.25) is 17.7 Å². The maximum absolute atomic E-state index is 12.6. The third-order valence-corrected chi connectivity index (χ3v) is 20.0. The van der Waals surface area contributed by atoms with E-state index < -0.39 is 0 Å². The number of likely N-dealkylation sites (tertiary alicyclic amines) is 3. The molecular weight excluding hydrogens is 1370 g/mol. The third kappa shape index (κ3) is 19.2. The van der Waals surface area contributed by atoms with Crippen molar-refractivity contribution < 1.29 is 28.8 Å². The molecule has 0 radical (unpaired) electrons. The summed E-state index contributed by atoms with van der Waals surface area (Å²) in [6.07, 6.45) is 21.1. The molecule has 3 unspecified atom stereocenters. The standard InChI is InChI=1S/2C23H25ClN6O2S.C22H23ClN6O2S/c1-3-20(31)29-10-5-7-16(13-29)14-30-11-9-19(28-30)26-23-25-12-18(33-23)22(32)27-21-15(2)6-4-8-17(21)24;1-3-20(31)29-9-5-7-16(12-29)13-30-14-17(10-26-30)27-23-25-11-19(33-23)22(32)28-21-15(2)6-4-8-18(21)24;1-3-19(30)28-9-7-15(12-28)13-29-10-8-18(27-29)25-22-24-11-17(32-22)21(31)26-20-14(2)5-4-6-16(20)23/h3-4,6,8-9,11-12,16H,1,5,7,10,13-14H2,2H3,(H,27,32)(H,25,26,28);3-4,6,8,10-11,14,16H,1,5,7,9,12-13H2,2H3,(H,25,27)(H,28,32);3-6,8,10-11,15H,1,7,9,12-13H2,2H3,(H,26,31)(H,24,25,27). The molecule has 3 aliphatic rings. The highest BCUT2D eigenvalue weighted by atomic mass is 35.5. The number of nitrogens with one attached hydrogen (secondary N) is 6. The van der Waals surface area contributed by atoms with E-state index in [2.05, 4.69) is 81.9 Å². The summed E-state index contributed by atoms with van der Waals surface area (Å²) in [7, 11) is 0. The summed E-state index contributed by atoms with van der Waals surface area (Å²) in [6.45, 7) is 23.0. The molecule has 9 aromatic rings. The van der Waals surface area contributed by atoms with Gasteiger partial charge in [-0.2, -0.15) is 15.3 Å². The van der Waals surface area contributed by atoms with Gasteiger partial charge in [0, 0.05) is 89.6 Å². The Morgan fingerprint density at radius 3 is 1.24 bits per heavy atom. The van der Waals surface area contributed by atoms with Crippen LogP contribution in [0.15, 0.2) is 148 Å². The van der Waals surface area contributed by atoms with Crippen molar-refractivity contribution in [2.24, 2.45) is 17.8 Å². The molecule has 510 valence electrons. The van der Waals surface area contributed by atoms with Crippen LogP contribution in [0.3, 0.4) is 0 Å². The lowest BCUT2D eigenvalue weighted by Crippen LogP contribution is -2.40. The number of para-hydroxylation sites is 3. The van der Waals surface area contributed by atoms with Crippen LogP contribution in [0, 0.1) is 38.5 Å². The van der Waals surface area contributed by atoms with Crippen molar-refractivity contribution in [3.05, 3.63) is 194 Å². The van der Waals surface area contributed by atoms with Crippen LogP contribution in [-0.2, 0) is 34.0 Å². The Morgan fingerprint density at radius 1 is 0.490 bits per heavy atom. The van der Waals surface area contributed by atoms with E-state index in [1.54, 1.807) is 24.4 Å². The van der Waals surface area contributed by atoms with E-state index in [1.807, 2.05) is 117 Å².